The molecule has 2 rings (SSSR count). The van der Waals surface area contributed by atoms with Gasteiger partial charge in [0.2, 0.25) is 0 Å². The third kappa shape index (κ3) is 2.73. The third-order valence-electron chi connectivity index (χ3n) is 2.87. The smallest absolute Gasteiger partial charge is 0.548 e. The molecule has 0 atom stereocenters. The Kier molecular flexibility index (Phi) is 4.42. The number of nitrogens with zero attached hydrogens (tertiary/aromatic N) is 1. The molecule has 17 heavy (non-hydrogen) atoms. The van der Waals surface area contributed by atoms with E-state index in [0.717, 1.165) is 22.2 Å². The van der Waals surface area contributed by atoms with E-state index in [1.807, 2.05) is 32.9 Å². The molecule has 1 aromatic carbocycles. The van der Waals surface area contributed by atoms with Gasteiger partial charge in [0.15, 0.2) is 0 Å². The summed E-state index contributed by atoms with van der Waals surface area (Å²) in [5.74, 6) is -1.06. The van der Waals surface area contributed by atoms with Crippen LogP contribution in [0.25, 0.3) is 10.9 Å². The molecule has 0 bridgehead atoms. The summed E-state index contributed by atoms with van der Waals surface area (Å²) in [6.07, 6.45) is 0. The average Bonchev–Trinajstić information content (AvgIpc) is 2.45. The van der Waals surface area contributed by atoms with Gasteiger partial charge in [-0.25, -0.2) is 0 Å². The van der Waals surface area contributed by atoms with Gasteiger partial charge >= 0.3 is 29.6 Å². The van der Waals surface area contributed by atoms with Crippen LogP contribution in [0.15, 0.2) is 18.2 Å². The molecule has 0 amide bonds. The molecule has 0 saturated carbocycles. The summed E-state index contributed by atoms with van der Waals surface area (Å²) in [4.78, 5) is 10.7. The number of rotatable bonds is 2. The van der Waals surface area contributed by atoms with Crippen molar-refractivity contribution < 1.29 is 39.5 Å². The second-order valence-electron chi connectivity index (χ2n) is 4.26. The zero-order valence-corrected chi connectivity index (χ0v) is 12.7. The average molecular weight is 239 g/mol. The molecule has 0 saturated heterocycles. The minimum Gasteiger partial charge on any atom is -0.548 e. The zero-order chi connectivity index (χ0) is 11.9. The molecule has 4 heteroatoms. The van der Waals surface area contributed by atoms with Crippen molar-refractivity contribution in [3.63, 3.8) is 0 Å². The van der Waals surface area contributed by atoms with E-state index < -0.39 is 5.97 Å². The number of hydrogen-bond acceptors (Lipinski definition) is 2. The molecule has 0 aliphatic rings. The van der Waals surface area contributed by atoms with Gasteiger partial charge in [-0.05, 0) is 44.0 Å². The van der Waals surface area contributed by atoms with Crippen molar-refractivity contribution in [3.05, 3.63) is 35.0 Å². The van der Waals surface area contributed by atoms with Gasteiger partial charge in [-0.1, -0.05) is 6.07 Å². The fraction of sp³-hybridized carbons (Fsp3) is 0.308. The minimum absolute atomic E-state index is 0. The van der Waals surface area contributed by atoms with Crippen LogP contribution in [0.2, 0.25) is 0 Å². The van der Waals surface area contributed by atoms with Gasteiger partial charge in [0.25, 0.3) is 0 Å². The monoisotopic (exact) mass is 239 g/mol. The Morgan fingerprint density at radius 2 is 1.88 bits per heavy atom. The summed E-state index contributed by atoms with van der Waals surface area (Å²) in [7, 11) is 0. The molecule has 2 aromatic rings. The molecule has 0 radical (unpaired) electrons. The summed E-state index contributed by atoms with van der Waals surface area (Å²) in [6, 6.07) is 6.14. The van der Waals surface area contributed by atoms with Crippen molar-refractivity contribution in [2.45, 2.75) is 27.3 Å². The molecule has 0 N–H and O–H groups in total. The van der Waals surface area contributed by atoms with Crippen LogP contribution >= 0.6 is 0 Å². The van der Waals surface area contributed by atoms with Gasteiger partial charge in [0, 0.05) is 16.6 Å². The van der Waals surface area contributed by atoms with Crippen molar-refractivity contribution in [2.24, 2.45) is 0 Å². The summed E-state index contributed by atoms with van der Waals surface area (Å²) < 4.78 is 1.78. The molecule has 3 nitrogen and oxygen atoms in total. The van der Waals surface area contributed by atoms with E-state index in [9.17, 15) is 9.90 Å². The maximum atomic E-state index is 10.7. The van der Waals surface area contributed by atoms with Gasteiger partial charge in [-0.3, -0.25) is 0 Å². The summed E-state index contributed by atoms with van der Waals surface area (Å²) in [6.45, 7) is 5.88. The molecule has 0 unspecified atom stereocenters. The number of carboxylic acids is 1. The number of carbonyl (C=O) groups excluding carboxylic acids is 1. The quantitative estimate of drug-likeness (QED) is 0.588. The predicted molar refractivity (Wildman–Crippen MR) is 61.2 cm³/mol. The summed E-state index contributed by atoms with van der Waals surface area (Å²) in [5, 5.41) is 11.8. The van der Waals surface area contributed by atoms with E-state index in [0.29, 0.717) is 0 Å². The predicted octanol–water partition coefficient (Wildman–Crippen LogP) is -1.68. The van der Waals surface area contributed by atoms with E-state index in [-0.39, 0.29) is 36.1 Å². The minimum atomic E-state index is -1.06. The molecule has 0 spiro atoms. The van der Waals surface area contributed by atoms with Crippen molar-refractivity contribution >= 4 is 16.9 Å². The first-order valence-corrected chi connectivity index (χ1v) is 5.26. The summed E-state index contributed by atoms with van der Waals surface area (Å²) in [5.41, 5.74) is 4.24. The number of aliphatic carboxylic acids is 1. The topological polar surface area (TPSA) is 45.1 Å². The Balaban J connectivity index is 0.00000144. The Morgan fingerprint density at radius 3 is 2.47 bits per heavy atom. The fourth-order valence-corrected chi connectivity index (χ4v) is 2.18. The molecule has 1 aromatic heterocycles. The largest absolute Gasteiger partial charge is 1.00 e. The second kappa shape index (κ2) is 5.25. The van der Waals surface area contributed by atoms with Crippen LogP contribution in [0.1, 0.15) is 16.8 Å². The van der Waals surface area contributed by atoms with Crippen LogP contribution < -0.4 is 34.7 Å². The van der Waals surface area contributed by atoms with E-state index in [1.165, 1.54) is 5.56 Å². The van der Waals surface area contributed by atoms with Crippen LogP contribution in [0.4, 0.5) is 0 Å². The Morgan fingerprint density at radius 1 is 1.24 bits per heavy atom. The number of hydrogen-bond donors (Lipinski definition) is 0. The van der Waals surface area contributed by atoms with E-state index in [1.54, 1.807) is 4.57 Å². The molecule has 0 aliphatic heterocycles. The van der Waals surface area contributed by atoms with E-state index in [2.05, 4.69) is 6.07 Å². The maximum absolute atomic E-state index is 10.7. The number of aromatic nitrogens is 1. The Labute approximate surface area is 123 Å². The number of fused-ring (bicyclic) bond motifs is 1. The Bertz CT molecular complexity index is 572. The van der Waals surface area contributed by atoms with Crippen LogP contribution in [0.5, 0.6) is 0 Å². The number of carbonyl (C=O) groups is 1. The van der Waals surface area contributed by atoms with Crippen LogP contribution in [-0.2, 0) is 11.3 Å². The van der Waals surface area contributed by atoms with Crippen molar-refractivity contribution in [1.29, 1.82) is 0 Å². The van der Waals surface area contributed by atoms with Gasteiger partial charge in [-0.2, -0.15) is 0 Å². The van der Waals surface area contributed by atoms with Crippen molar-refractivity contribution in [3.8, 4) is 0 Å². The molecule has 84 valence electrons. The van der Waals surface area contributed by atoms with Gasteiger partial charge in [0.05, 0.1) is 12.5 Å². The van der Waals surface area contributed by atoms with Crippen molar-refractivity contribution in [1.82, 2.24) is 4.57 Å². The van der Waals surface area contributed by atoms with Crippen LogP contribution in [-0.4, -0.2) is 10.5 Å². The molecule has 0 fully saturated rings. The third-order valence-corrected chi connectivity index (χ3v) is 2.87. The summed E-state index contributed by atoms with van der Waals surface area (Å²) >= 11 is 0. The molecule has 1 heterocycles. The second-order valence-corrected chi connectivity index (χ2v) is 4.26. The van der Waals surface area contributed by atoms with Gasteiger partial charge in [-0.15, -0.1) is 0 Å². The normalized spacial score (nSPS) is 10.3. The first kappa shape index (κ1) is 14.3. The van der Waals surface area contributed by atoms with Crippen LogP contribution in [0.3, 0.4) is 0 Å². The van der Waals surface area contributed by atoms with Crippen molar-refractivity contribution in [2.75, 3.05) is 0 Å². The first-order chi connectivity index (χ1) is 7.49. The molecular formula is C13H14NNaO2. The standard InChI is InChI=1S/C13H15NO2.Na/c1-8-4-9(2)11-6-10(3)14(7-13(15)16)12(11)5-8;/h4-6H,7H2,1-3H3,(H,15,16);/q;+1/p-1. The molecule has 0 aliphatic carbocycles. The number of benzene rings is 1. The first-order valence-electron chi connectivity index (χ1n) is 5.26. The number of aryl methyl sites for hydroxylation is 3. The zero-order valence-electron chi connectivity index (χ0n) is 10.7. The SMILES string of the molecule is Cc1cc(C)c2cc(C)n(CC(=O)[O-])c2c1.[Na+]. The van der Waals surface area contributed by atoms with E-state index >= 15 is 0 Å². The Hall–Kier alpha value is -0.770. The maximum Gasteiger partial charge on any atom is 1.00 e. The van der Waals surface area contributed by atoms with Gasteiger partial charge in [0.1, 0.15) is 0 Å². The number of carboxylic acid groups (broad SMARTS) is 1. The van der Waals surface area contributed by atoms with E-state index in [4.69, 9.17) is 0 Å². The van der Waals surface area contributed by atoms with Crippen LogP contribution in [0, 0.1) is 20.8 Å². The fourth-order valence-electron chi connectivity index (χ4n) is 2.18. The van der Waals surface area contributed by atoms with Gasteiger partial charge < -0.3 is 14.5 Å². The molecular weight excluding hydrogens is 225 g/mol.